The minimum absolute atomic E-state index is 0.0127. The number of aromatic nitrogens is 2. The van der Waals surface area contributed by atoms with Crippen molar-refractivity contribution in [1.82, 2.24) is 13.9 Å². The van der Waals surface area contributed by atoms with Gasteiger partial charge >= 0.3 is 5.97 Å². The maximum Gasteiger partial charge on any atom is 0.307 e. The molecule has 31 heavy (non-hydrogen) atoms. The molecule has 9 heteroatoms. The van der Waals surface area contributed by atoms with E-state index in [1.54, 1.807) is 42.7 Å². The number of nitrogens with zero attached hydrogens (tertiary/aromatic N) is 3. The predicted molar refractivity (Wildman–Crippen MR) is 116 cm³/mol. The van der Waals surface area contributed by atoms with Gasteiger partial charge < -0.3 is 14.4 Å². The van der Waals surface area contributed by atoms with Crippen molar-refractivity contribution < 1.29 is 23.1 Å². The Balaban J connectivity index is 1.57. The molecule has 2 aromatic heterocycles. The summed E-state index contributed by atoms with van der Waals surface area (Å²) < 4.78 is 35.3. The maximum absolute atomic E-state index is 13.1. The number of sulfonamides is 1. The largest absolute Gasteiger partial charge is 0.491 e. The van der Waals surface area contributed by atoms with Crippen molar-refractivity contribution in [3.8, 4) is 5.75 Å². The van der Waals surface area contributed by atoms with Crippen LogP contribution in [0.3, 0.4) is 0 Å². The van der Waals surface area contributed by atoms with Crippen molar-refractivity contribution in [2.45, 2.75) is 43.7 Å². The lowest BCUT2D eigenvalue weighted by Crippen LogP contribution is -2.29. The van der Waals surface area contributed by atoms with Crippen LogP contribution in [0, 0.1) is 0 Å². The second-order valence-electron chi connectivity index (χ2n) is 7.95. The zero-order chi connectivity index (χ0) is 22.2. The Labute approximate surface area is 181 Å². The van der Waals surface area contributed by atoms with E-state index in [0.717, 1.165) is 5.52 Å². The van der Waals surface area contributed by atoms with Gasteiger partial charge in [-0.1, -0.05) is 0 Å². The van der Waals surface area contributed by atoms with Crippen LogP contribution in [-0.4, -0.2) is 52.5 Å². The standard InChI is InChI=1S/C22H25N3O5S/c1-15(2)30-18-5-7-19(8-6-18)31(28,29)24-11-9-17(14-24)25-13-16(12-21(26)27)22-20(25)4-3-10-23-22/h3-8,10,13,15,17H,9,11-12,14H2,1-2H3,(H,26,27)/t17-/m0/s1. The van der Waals surface area contributed by atoms with Crippen molar-refractivity contribution >= 4 is 27.0 Å². The third-order valence-electron chi connectivity index (χ3n) is 5.36. The molecule has 0 saturated carbocycles. The Bertz CT molecular complexity index is 1200. The molecule has 3 heterocycles. The second-order valence-corrected chi connectivity index (χ2v) is 9.88. The van der Waals surface area contributed by atoms with Crippen molar-refractivity contribution in [3.63, 3.8) is 0 Å². The molecule has 1 N–H and O–H groups in total. The molecule has 1 fully saturated rings. The number of carbonyl (C=O) groups is 1. The molecule has 1 atom stereocenters. The van der Waals surface area contributed by atoms with Gasteiger partial charge in [-0.3, -0.25) is 9.78 Å². The smallest absolute Gasteiger partial charge is 0.307 e. The molecular formula is C22H25N3O5S. The minimum atomic E-state index is -3.64. The molecule has 0 spiro atoms. The highest BCUT2D eigenvalue weighted by Crippen LogP contribution is 2.32. The van der Waals surface area contributed by atoms with Gasteiger partial charge in [0.05, 0.1) is 28.5 Å². The lowest BCUT2D eigenvalue weighted by molar-refractivity contribution is -0.136. The quantitative estimate of drug-likeness (QED) is 0.602. The van der Waals surface area contributed by atoms with Gasteiger partial charge in [0.2, 0.25) is 10.0 Å². The van der Waals surface area contributed by atoms with Gasteiger partial charge in [0.25, 0.3) is 0 Å². The molecule has 8 nitrogen and oxygen atoms in total. The first-order valence-electron chi connectivity index (χ1n) is 10.2. The monoisotopic (exact) mass is 443 g/mol. The fourth-order valence-electron chi connectivity index (χ4n) is 4.01. The van der Waals surface area contributed by atoms with Crippen LogP contribution in [0.5, 0.6) is 5.75 Å². The van der Waals surface area contributed by atoms with Crippen molar-refractivity contribution in [2.24, 2.45) is 0 Å². The number of pyridine rings is 1. The Morgan fingerprint density at radius 1 is 1.26 bits per heavy atom. The number of aliphatic carboxylic acids is 1. The van der Waals surface area contributed by atoms with Crippen LogP contribution < -0.4 is 4.74 Å². The number of hydrogen-bond acceptors (Lipinski definition) is 5. The fraction of sp³-hybridized carbons (Fsp3) is 0.364. The van der Waals surface area contributed by atoms with Crippen LogP contribution in [-0.2, 0) is 21.2 Å². The van der Waals surface area contributed by atoms with E-state index in [2.05, 4.69) is 4.98 Å². The molecule has 1 aromatic carbocycles. The Morgan fingerprint density at radius 3 is 2.68 bits per heavy atom. The molecule has 0 radical (unpaired) electrons. The minimum Gasteiger partial charge on any atom is -0.491 e. The molecule has 4 rings (SSSR count). The van der Waals surface area contributed by atoms with Crippen LogP contribution in [0.15, 0.2) is 53.7 Å². The summed E-state index contributed by atoms with van der Waals surface area (Å²) in [5.41, 5.74) is 2.09. The highest BCUT2D eigenvalue weighted by molar-refractivity contribution is 7.89. The van der Waals surface area contributed by atoms with E-state index in [1.807, 2.05) is 24.5 Å². The van der Waals surface area contributed by atoms with E-state index in [-0.39, 0.29) is 23.5 Å². The molecule has 0 amide bonds. The molecule has 1 aliphatic rings. The number of fused-ring (bicyclic) bond motifs is 1. The van der Waals surface area contributed by atoms with Gasteiger partial charge in [-0.05, 0) is 56.7 Å². The van der Waals surface area contributed by atoms with Crippen LogP contribution in [0.25, 0.3) is 11.0 Å². The molecule has 0 unspecified atom stereocenters. The zero-order valence-electron chi connectivity index (χ0n) is 17.4. The Kier molecular flexibility index (Phi) is 5.72. The summed E-state index contributed by atoms with van der Waals surface area (Å²) in [4.78, 5) is 15.8. The van der Waals surface area contributed by atoms with Gasteiger partial charge in [-0.25, -0.2) is 8.42 Å². The lowest BCUT2D eigenvalue weighted by atomic mass is 10.2. The predicted octanol–water partition coefficient (Wildman–Crippen LogP) is 3.09. The van der Waals surface area contributed by atoms with E-state index < -0.39 is 16.0 Å². The van der Waals surface area contributed by atoms with Gasteiger partial charge in [0, 0.05) is 37.1 Å². The first-order valence-corrected chi connectivity index (χ1v) is 11.6. The average molecular weight is 444 g/mol. The first kappa shape index (κ1) is 21.3. The van der Waals surface area contributed by atoms with Gasteiger partial charge in [-0.2, -0.15) is 4.31 Å². The Hall–Kier alpha value is -2.91. The maximum atomic E-state index is 13.1. The molecule has 164 valence electrons. The number of rotatable bonds is 7. The first-order chi connectivity index (χ1) is 14.8. The van der Waals surface area contributed by atoms with E-state index in [9.17, 15) is 18.3 Å². The highest BCUT2D eigenvalue weighted by Gasteiger charge is 2.34. The van der Waals surface area contributed by atoms with Gasteiger partial charge in [0.15, 0.2) is 0 Å². The summed E-state index contributed by atoms with van der Waals surface area (Å²) in [6.45, 7) is 4.54. The number of benzene rings is 1. The highest BCUT2D eigenvalue weighted by atomic mass is 32.2. The molecule has 1 aliphatic heterocycles. The average Bonchev–Trinajstić information content (AvgIpc) is 3.34. The summed E-state index contributed by atoms with van der Waals surface area (Å²) in [6.07, 6.45) is 3.96. The fourth-order valence-corrected chi connectivity index (χ4v) is 5.51. The third kappa shape index (κ3) is 4.28. The van der Waals surface area contributed by atoms with Crippen LogP contribution >= 0.6 is 0 Å². The van der Waals surface area contributed by atoms with E-state index in [1.165, 1.54) is 4.31 Å². The summed E-state index contributed by atoms with van der Waals surface area (Å²) >= 11 is 0. The number of hydrogen-bond donors (Lipinski definition) is 1. The number of carboxylic acids is 1. The van der Waals surface area contributed by atoms with Gasteiger partial charge in [0.1, 0.15) is 5.75 Å². The summed E-state index contributed by atoms with van der Waals surface area (Å²) in [7, 11) is -3.64. The summed E-state index contributed by atoms with van der Waals surface area (Å²) in [5.74, 6) is -0.296. The van der Waals surface area contributed by atoms with E-state index in [0.29, 0.717) is 36.3 Å². The van der Waals surface area contributed by atoms with Crippen LogP contribution in [0.1, 0.15) is 31.9 Å². The van der Waals surface area contributed by atoms with E-state index >= 15 is 0 Å². The summed E-state index contributed by atoms with van der Waals surface area (Å²) in [6, 6.07) is 10.1. The van der Waals surface area contributed by atoms with Crippen LogP contribution in [0.2, 0.25) is 0 Å². The molecular weight excluding hydrogens is 418 g/mol. The third-order valence-corrected chi connectivity index (χ3v) is 7.24. The molecule has 1 saturated heterocycles. The van der Waals surface area contributed by atoms with E-state index in [4.69, 9.17) is 4.74 Å². The molecule has 3 aromatic rings. The zero-order valence-corrected chi connectivity index (χ0v) is 18.2. The lowest BCUT2D eigenvalue weighted by Gasteiger charge is -2.18. The molecule has 0 bridgehead atoms. The van der Waals surface area contributed by atoms with Crippen molar-refractivity contribution in [3.05, 3.63) is 54.4 Å². The number of carboxylic acid groups (broad SMARTS) is 1. The van der Waals surface area contributed by atoms with Crippen molar-refractivity contribution in [1.29, 1.82) is 0 Å². The Morgan fingerprint density at radius 2 is 2.00 bits per heavy atom. The van der Waals surface area contributed by atoms with Crippen LogP contribution in [0.4, 0.5) is 0 Å². The van der Waals surface area contributed by atoms with Gasteiger partial charge in [-0.15, -0.1) is 0 Å². The number of ether oxygens (including phenoxy) is 1. The summed E-state index contributed by atoms with van der Waals surface area (Å²) in [5, 5.41) is 9.21. The molecule has 0 aliphatic carbocycles. The second kappa shape index (κ2) is 8.32. The normalized spacial score (nSPS) is 17.5. The van der Waals surface area contributed by atoms with Crippen molar-refractivity contribution in [2.75, 3.05) is 13.1 Å². The SMILES string of the molecule is CC(C)Oc1ccc(S(=O)(=O)N2CC[C@H](n3cc(CC(=O)O)c4ncccc43)C2)cc1. The topological polar surface area (TPSA) is 102 Å².